The van der Waals surface area contributed by atoms with Crippen LogP contribution in [0.5, 0.6) is 17.2 Å². The first-order valence-corrected chi connectivity index (χ1v) is 7.97. The van der Waals surface area contributed by atoms with Gasteiger partial charge in [0.15, 0.2) is 11.5 Å². The Bertz CT molecular complexity index is 706. The van der Waals surface area contributed by atoms with E-state index in [4.69, 9.17) is 14.2 Å². The summed E-state index contributed by atoms with van der Waals surface area (Å²) in [7, 11) is 4.72. The number of ether oxygens (including phenoxy) is 3. The fraction of sp³-hybridized carbons (Fsp3) is 0.316. The predicted octanol–water partition coefficient (Wildman–Crippen LogP) is 3.39. The Morgan fingerprint density at radius 1 is 1.00 bits per heavy atom. The third-order valence-corrected chi connectivity index (χ3v) is 3.70. The molecule has 0 atom stereocenters. The number of anilines is 1. The first-order valence-electron chi connectivity index (χ1n) is 7.97. The van der Waals surface area contributed by atoms with Crippen LogP contribution in [0.4, 0.5) is 10.5 Å². The molecule has 0 aliphatic rings. The number of amides is 2. The van der Waals surface area contributed by atoms with Gasteiger partial charge in [-0.25, -0.2) is 4.79 Å². The highest BCUT2D eigenvalue weighted by Gasteiger charge is 2.13. The average molecular weight is 344 g/mol. The molecule has 134 valence electrons. The van der Waals surface area contributed by atoms with Crippen molar-refractivity contribution in [1.29, 1.82) is 0 Å². The summed E-state index contributed by atoms with van der Waals surface area (Å²) in [5, 5.41) is 5.65. The largest absolute Gasteiger partial charge is 0.493 e. The Balaban J connectivity index is 1.93. The van der Waals surface area contributed by atoms with Gasteiger partial charge in [-0.2, -0.15) is 0 Å². The lowest BCUT2D eigenvalue weighted by molar-refractivity contribution is 0.252. The van der Waals surface area contributed by atoms with E-state index in [9.17, 15) is 4.79 Å². The quantitative estimate of drug-likeness (QED) is 0.808. The van der Waals surface area contributed by atoms with E-state index in [-0.39, 0.29) is 6.03 Å². The number of benzene rings is 2. The summed E-state index contributed by atoms with van der Waals surface area (Å²) in [6, 6.07) is 11.2. The van der Waals surface area contributed by atoms with E-state index < -0.39 is 0 Å². The van der Waals surface area contributed by atoms with Crippen molar-refractivity contribution < 1.29 is 19.0 Å². The van der Waals surface area contributed by atoms with Gasteiger partial charge in [-0.3, -0.25) is 0 Å². The smallest absolute Gasteiger partial charge is 0.319 e. The number of rotatable bonds is 7. The Morgan fingerprint density at radius 3 is 2.24 bits per heavy atom. The number of hydrogen-bond donors (Lipinski definition) is 2. The van der Waals surface area contributed by atoms with Gasteiger partial charge < -0.3 is 24.8 Å². The van der Waals surface area contributed by atoms with Crippen molar-refractivity contribution in [3.63, 3.8) is 0 Å². The van der Waals surface area contributed by atoms with Crippen molar-refractivity contribution in [2.24, 2.45) is 0 Å². The lowest BCUT2D eigenvalue weighted by Gasteiger charge is -2.14. The van der Waals surface area contributed by atoms with Gasteiger partial charge in [-0.05, 0) is 48.7 Å². The molecule has 2 aromatic rings. The van der Waals surface area contributed by atoms with E-state index in [0.29, 0.717) is 30.2 Å². The standard InChI is InChI=1S/C19H24N2O4/c1-13-6-5-7-15(10-13)21-19(22)20-9-8-14-11-16(23-2)18(25-4)17(12-14)24-3/h5-7,10-12H,8-9H2,1-4H3,(H2,20,21,22). The minimum atomic E-state index is -0.238. The second kappa shape index (κ2) is 8.82. The van der Waals surface area contributed by atoms with Gasteiger partial charge in [0, 0.05) is 12.2 Å². The SMILES string of the molecule is COc1cc(CCNC(=O)Nc2cccc(C)c2)cc(OC)c1OC. The van der Waals surface area contributed by atoms with Crippen LogP contribution in [0.2, 0.25) is 0 Å². The molecular formula is C19H24N2O4. The molecule has 2 aromatic carbocycles. The zero-order valence-electron chi connectivity index (χ0n) is 15.0. The lowest BCUT2D eigenvalue weighted by Crippen LogP contribution is -2.30. The van der Waals surface area contributed by atoms with Crippen LogP contribution in [0.3, 0.4) is 0 Å². The number of methoxy groups -OCH3 is 3. The Morgan fingerprint density at radius 2 is 1.68 bits per heavy atom. The molecule has 2 N–H and O–H groups in total. The van der Waals surface area contributed by atoms with Crippen LogP contribution in [0.15, 0.2) is 36.4 Å². The van der Waals surface area contributed by atoms with Crippen LogP contribution in [-0.2, 0) is 6.42 Å². The molecule has 25 heavy (non-hydrogen) atoms. The Labute approximate surface area is 148 Å². The highest BCUT2D eigenvalue weighted by Crippen LogP contribution is 2.38. The fourth-order valence-electron chi connectivity index (χ4n) is 2.50. The third kappa shape index (κ3) is 5.04. The molecule has 0 heterocycles. The van der Waals surface area contributed by atoms with Gasteiger partial charge >= 0.3 is 6.03 Å². The summed E-state index contributed by atoms with van der Waals surface area (Å²) < 4.78 is 16.0. The molecule has 2 amide bonds. The summed E-state index contributed by atoms with van der Waals surface area (Å²) in [4.78, 5) is 12.0. The molecule has 0 aliphatic carbocycles. The summed E-state index contributed by atoms with van der Waals surface area (Å²) in [5.41, 5.74) is 2.84. The number of hydrogen-bond acceptors (Lipinski definition) is 4. The van der Waals surface area contributed by atoms with Crippen molar-refractivity contribution in [2.75, 3.05) is 33.2 Å². The van der Waals surface area contributed by atoms with E-state index in [1.807, 2.05) is 43.3 Å². The lowest BCUT2D eigenvalue weighted by atomic mass is 10.1. The van der Waals surface area contributed by atoms with Crippen LogP contribution >= 0.6 is 0 Å². The molecule has 0 saturated heterocycles. The van der Waals surface area contributed by atoms with Gasteiger partial charge in [0.2, 0.25) is 5.75 Å². The number of carbonyl (C=O) groups excluding carboxylic acids is 1. The monoisotopic (exact) mass is 344 g/mol. The zero-order chi connectivity index (χ0) is 18.2. The molecule has 0 aromatic heterocycles. The normalized spacial score (nSPS) is 10.1. The molecule has 0 fully saturated rings. The van der Waals surface area contributed by atoms with E-state index in [0.717, 1.165) is 16.8 Å². The number of nitrogens with one attached hydrogen (secondary N) is 2. The number of urea groups is 1. The number of carbonyl (C=O) groups is 1. The van der Waals surface area contributed by atoms with Crippen molar-refractivity contribution in [3.8, 4) is 17.2 Å². The van der Waals surface area contributed by atoms with Crippen LogP contribution in [0.1, 0.15) is 11.1 Å². The predicted molar refractivity (Wildman–Crippen MR) is 98.0 cm³/mol. The third-order valence-electron chi connectivity index (χ3n) is 3.70. The zero-order valence-corrected chi connectivity index (χ0v) is 15.0. The van der Waals surface area contributed by atoms with Gasteiger partial charge in [-0.1, -0.05) is 12.1 Å². The Kier molecular flexibility index (Phi) is 6.51. The average Bonchev–Trinajstić information content (AvgIpc) is 2.60. The molecule has 0 saturated carbocycles. The van der Waals surface area contributed by atoms with Crippen LogP contribution in [0, 0.1) is 6.92 Å². The summed E-state index contributed by atoms with van der Waals surface area (Å²) in [6.45, 7) is 2.46. The molecular weight excluding hydrogens is 320 g/mol. The molecule has 2 rings (SSSR count). The molecule has 0 unspecified atom stereocenters. The summed E-state index contributed by atoms with van der Waals surface area (Å²) in [5.74, 6) is 1.75. The van der Waals surface area contributed by atoms with Crippen molar-refractivity contribution in [2.45, 2.75) is 13.3 Å². The van der Waals surface area contributed by atoms with Gasteiger partial charge in [0.1, 0.15) is 0 Å². The van der Waals surface area contributed by atoms with Crippen LogP contribution < -0.4 is 24.8 Å². The number of aryl methyl sites for hydroxylation is 1. The molecule has 0 bridgehead atoms. The van der Waals surface area contributed by atoms with Crippen molar-refractivity contribution in [3.05, 3.63) is 47.5 Å². The maximum Gasteiger partial charge on any atom is 0.319 e. The Hall–Kier alpha value is -2.89. The topological polar surface area (TPSA) is 68.8 Å². The first-order chi connectivity index (χ1) is 12.1. The minimum Gasteiger partial charge on any atom is -0.493 e. The highest BCUT2D eigenvalue weighted by molar-refractivity contribution is 5.89. The van der Waals surface area contributed by atoms with Gasteiger partial charge in [0.05, 0.1) is 21.3 Å². The van der Waals surface area contributed by atoms with Crippen molar-refractivity contribution >= 4 is 11.7 Å². The second-order valence-corrected chi connectivity index (χ2v) is 5.53. The maximum absolute atomic E-state index is 12.0. The van der Waals surface area contributed by atoms with Crippen molar-refractivity contribution in [1.82, 2.24) is 5.32 Å². The van der Waals surface area contributed by atoms with Crippen LogP contribution in [0.25, 0.3) is 0 Å². The van der Waals surface area contributed by atoms with E-state index in [1.54, 1.807) is 21.3 Å². The second-order valence-electron chi connectivity index (χ2n) is 5.53. The minimum absolute atomic E-state index is 0.238. The first kappa shape index (κ1) is 18.4. The van der Waals surface area contributed by atoms with E-state index in [2.05, 4.69) is 10.6 Å². The van der Waals surface area contributed by atoms with E-state index in [1.165, 1.54) is 0 Å². The molecule has 0 radical (unpaired) electrons. The summed E-state index contributed by atoms with van der Waals surface area (Å²) >= 11 is 0. The van der Waals surface area contributed by atoms with E-state index >= 15 is 0 Å². The maximum atomic E-state index is 12.0. The molecule has 0 aliphatic heterocycles. The molecule has 0 spiro atoms. The highest BCUT2D eigenvalue weighted by atomic mass is 16.5. The fourth-order valence-corrected chi connectivity index (χ4v) is 2.50. The van der Waals surface area contributed by atoms with Gasteiger partial charge in [-0.15, -0.1) is 0 Å². The molecule has 6 heteroatoms. The van der Waals surface area contributed by atoms with Crippen LogP contribution in [-0.4, -0.2) is 33.9 Å². The summed E-state index contributed by atoms with van der Waals surface area (Å²) in [6.07, 6.45) is 0.637. The van der Waals surface area contributed by atoms with Gasteiger partial charge in [0.25, 0.3) is 0 Å². The molecule has 6 nitrogen and oxygen atoms in total.